The number of primary amides is 1. The summed E-state index contributed by atoms with van der Waals surface area (Å²) in [5, 5.41) is 5.71. The summed E-state index contributed by atoms with van der Waals surface area (Å²) >= 11 is 3.33. The van der Waals surface area contributed by atoms with Crippen molar-refractivity contribution in [2.24, 2.45) is 5.73 Å². The molecule has 0 bridgehead atoms. The zero-order valence-electron chi connectivity index (χ0n) is 11.1. The van der Waals surface area contributed by atoms with Crippen molar-refractivity contribution in [3.05, 3.63) is 58.6 Å². The van der Waals surface area contributed by atoms with Crippen LogP contribution in [0.25, 0.3) is 0 Å². The molecular formula is C15H14BrN3O2. The van der Waals surface area contributed by atoms with Crippen molar-refractivity contribution in [3.63, 3.8) is 0 Å². The molecule has 108 valence electrons. The molecule has 0 aliphatic heterocycles. The number of nitrogens with one attached hydrogen (secondary N) is 2. The Labute approximate surface area is 130 Å². The topological polar surface area (TPSA) is 84.2 Å². The molecule has 0 aliphatic rings. The van der Waals surface area contributed by atoms with Crippen molar-refractivity contribution in [1.29, 1.82) is 0 Å². The lowest BCUT2D eigenvalue weighted by atomic mass is 10.2. The van der Waals surface area contributed by atoms with Gasteiger partial charge in [0, 0.05) is 21.4 Å². The number of carbonyl (C=O) groups excluding carboxylic acids is 2. The maximum Gasteiger partial charge on any atom is 0.248 e. The molecule has 2 aromatic rings. The van der Waals surface area contributed by atoms with Crippen molar-refractivity contribution < 1.29 is 9.59 Å². The number of carbonyl (C=O) groups is 2. The highest BCUT2D eigenvalue weighted by Gasteiger charge is 2.04. The molecule has 0 aliphatic carbocycles. The largest absolute Gasteiger partial charge is 0.376 e. The maximum absolute atomic E-state index is 11.8. The minimum Gasteiger partial charge on any atom is -0.376 e. The fourth-order valence-corrected chi connectivity index (χ4v) is 1.97. The third-order valence-corrected chi connectivity index (χ3v) is 3.26. The molecular weight excluding hydrogens is 334 g/mol. The molecule has 0 aromatic heterocycles. The highest BCUT2D eigenvalue weighted by Crippen LogP contribution is 2.14. The Balaban J connectivity index is 1.90. The molecule has 0 fully saturated rings. The van der Waals surface area contributed by atoms with Crippen molar-refractivity contribution in [2.45, 2.75) is 0 Å². The quantitative estimate of drug-likeness (QED) is 0.777. The highest BCUT2D eigenvalue weighted by molar-refractivity contribution is 9.10. The lowest BCUT2D eigenvalue weighted by Crippen LogP contribution is -2.22. The highest BCUT2D eigenvalue weighted by atomic mass is 79.9. The van der Waals surface area contributed by atoms with E-state index in [1.807, 2.05) is 12.1 Å². The van der Waals surface area contributed by atoms with Crippen LogP contribution in [-0.4, -0.2) is 18.4 Å². The van der Waals surface area contributed by atoms with Gasteiger partial charge >= 0.3 is 0 Å². The fourth-order valence-electron chi connectivity index (χ4n) is 1.70. The lowest BCUT2D eigenvalue weighted by molar-refractivity contribution is -0.114. The number of benzene rings is 2. The third kappa shape index (κ3) is 4.61. The normalized spacial score (nSPS) is 9.95. The van der Waals surface area contributed by atoms with E-state index >= 15 is 0 Å². The van der Waals surface area contributed by atoms with Crippen LogP contribution in [0.15, 0.2) is 53.0 Å². The van der Waals surface area contributed by atoms with Gasteiger partial charge in [-0.2, -0.15) is 0 Å². The molecule has 0 heterocycles. The average molecular weight is 348 g/mol. The molecule has 2 aromatic carbocycles. The minimum absolute atomic E-state index is 0.0955. The second-order valence-electron chi connectivity index (χ2n) is 4.35. The van der Waals surface area contributed by atoms with E-state index < -0.39 is 5.91 Å². The molecule has 2 rings (SSSR count). The van der Waals surface area contributed by atoms with Crippen LogP contribution in [0.5, 0.6) is 0 Å². The van der Waals surface area contributed by atoms with E-state index in [0.29, 0.717) is 11.3 Å². The summed E-state index contributed by atoms with van der Waals surface area (Å²) < 4.78 is 0.946. The molecule has 0 saturated carbocycles. The summed E-state index contributed by atoms with van der Waals surface area (Å²) in [6.07, 6.45) is 0. The Kier molecular flexibility index (Phi) is 4.94. The second kappa shape index (κ2) is 6.90. The first-order valence-electron chi connectivity index (χ1n) is 6.24. The molecule has 5 nitrogen and oxygen atoms in total. The molecule has 0 spiro atoms. The molecule has 21 heavy (non-hydrogen) atoms. The van der Waals surface area contributed by atoms with Crippen LogP contribution >= 0.6 is 15.9 Å². The predicted molar refractivity (Wildman–Crippen MR) is 86.2 cm³/mol. The summed E-state index contributed by atoms with van der Waals surface area (Å²) in [7, 11) is 0. The third-order valence-electron chi connectivity index (χ3n) is 2.73. The molecule has 0 radical (unpaired) electrons. The standard InChI is InChI=1S/C15H14BrN3O2/c16-11-4-6-12(7-5-11)19-14(20)9-18-13-3-1-2-10(8-13)15(17)21/h1-8,18H,9H2,(H2,17,21)(H,19,20). The van der Waals surface area contributed by atoms with E-state index in [9.17, 15) is 9.59 Å². The van der Waals surface area contributed by atoms with Gasteiger partial charge in [-0.25, -0.2) is 0 Å². The average Bonchev–Trinajstić information content (AvgIpc) is 2.48. The van der Waals surface area contributed by atoms with Gasteiger partial charge < -0.3 is 16.4 Å². The summed E-state index contributed by atoms with van der Waals surface area (Å²) in [5.74, 6) is -0.681. The van der Waals surface area contributed by atoms with Crippen LogP contribution in [0.3, 0.4) is 0 Å². The van der Waals surface area contributed by atoms with Crippen LogP contribution in [0.1, 0.15) is 10.4 Å². The molecule has 0 saturated heterocycles. The number of amides is 2. The summed E-state index contributed by atoms with van der Waals surface area (Å²) in [4.78, 5) is 22.9. The Morgan fingerprint density at radius 3 is 2.43 bits per heavy atom. The molecule has 2 amide bonds. The Hall–Kier alpha value is -2.34. The van der Waals surface area contributed by atoms with Crippen LogP contribution in [0.2, 0.25) is 0 Å². The van der Waals surface area contributed by atoms with Crippen molar-refractivity contribution >= 4 is 39.1 Å². The van der Waals surface area contributed by atoms with Gasteiger partial charge in [0.05, 0.1) is 6.54 Å². The first-order chi connectivity index (χ1) is 10.0. The first-order valence-corrected chi connectivity index (χ1v) is 7.03. The molecule has 0 unspecified atom stereocenters. The second-order valence-corrected chi connectivity index (χ2v) is 5.27. The smallest absolute Gasteiger partial charge is 0.248 e. The fraction of sp³-hybridized carbons (Fsp3) is 0.0667. The van der Waals surface area contributed by atoms with Gasteiger partial charge in [-0.1, -0.05) is 22.0 Å². The Morgan fingerprint density at radius 1 is 1.05 bits per heavy atom. The molecule has 0 atom stereocenters. The number of rotatable bonds is 5. The molecule has 4 N–H and O–H groups in total. The number of anilines is 2. The van der Waals surface area contributed by atoms with Crippen LogP contribution < -0.4 is 16.4 Å². The van der Waals surface area contributed by atoms with E-state index in [2.05, 4.69) is 26.6 Å². The summed E-state index contributed by atoms with van der Waals surface area (Å²) in [5.41, 5.74) is 6.98. The summed E-state index contributed by atoms with van der Waals surface area (Å²) in [6, 6.07) is 14.0. The van der Waals surface area contributed by atoms with E-state index in [1.165, 1.54) is 0 Å². The van der Waals surface area contributed by atoms with Gasteiger partial charge in [0.25, 0.3) is 0 Å². The van der Waals surface area contributed by atoms with E-state index in [-0.39, 0.29) is 12.5 Å². The van der Waals surface area contributed by atoms with Gasteiger partial charge in [-0.3, -0.25) is 9.59 Å². The summed E-state index contributed by atoms with van der Waals surface area (Å²) in [6.45, 7) is 0.0955. The van der Waals surface area contributed by atoms with Gasteiger partial charge in [-0.05, 0) is 42.5 Å². The van der Waals surface area contributed by atoms with Crippen molar-refractivity contribution in [1.82, 2.24) is 0 Å². The monoisotopic (exact) mass is 347 g/mol. The predicted octanol–water partition coefficient (Wildman–Crippen LogP) is 2.60. The van der Waals surface area contributed by atoms with E-state index in [4.69, 9.17) is 5.73 Å². The minimum atomic E-state index is -0.502. The Bertz CT molecular complexity index is 656. The van der Waals surface area contributed by atoms with Crippen molar-refractivity contribution in [2.75, 3.05) is 17.2 Å². The Morgan fingerprint density at radius 2 is 1.76 bits per heavy atom. The SMILES string of the molecule is NC(=O)c1cccc(NCC(=O)Nc2ccc(Br)cc2)c1. The maximum atomic E-state index is 11.8. The first kappa shape index (κ1) is 15.1. The van der Waals surface area contributed by atoms with Gasteiger partial charge in [0.1, 0.15) is 0 Å². The molecule has 6 heteroatoms. The zero-order valence-corrected chi connectivity index (χ0v) is 12.7. The van der Waals surface area contributed by atoms with Crippen LogP contribution in [0, 0.1) is 0 Å². The van der Waals surface area contributed by atoms with E-state index in [1.54, 1.807) is 36.4 Å². The number of nitrogens with two attached hydrogens (primary N) is 1. The van der Waals surface area contributed by atoms with Crippen LogP contribution in [-0.2, 0) is 4.79 Å². The van der Waals surface area contributed by atoms with Gasteiger partial charge in [0.2, 0.25) is 11.8 Å². The number of hydrogen-bond acceptors (Lipinski definition) is 3. The van der Waals surface area contributed by atoms with Crippen molar-refractivity contribution in [3.8, 4) is 0 Å². The van der Waals surface area contributed by atoms with E-state index in [0.717, 1.165) is 10.2 Å². The van der Waals surface area contributed by atoms with Crippen LogP contribution in [0.4, 0.5) is 11.4 Å². The van der Waals surface area contributed by atoms with Gasteiger partial charge in [0.15, 0.2) is 0 Å². The van der Waals surface area contributed by atoms with Gasteiger partial charge in [-0.15, -0.1) is 0 Å². The number of hydrogen-bond donors (Lipinski definition) is 3. The zero-order chi connectivity index (χ0) is 15.2. The number of halogens is 1. The lowest BCUT2D eigenvalue weighted by Gasteiger charge is -2.08.